The highest BCUT2D eigenvalue weighted by Gasteiger charge is 2.66. The van der Waals surface area contributed by atoms with Crippen LogP contribution in [0.2, 0.25) is 0 Å². The Balaban J connectivity index is 2.09. The molecule has 92 valence electrons. The van der Waals surface area contributed by atoms with Crippen molar-refractivity contribution < 1.29 is 23.1 Å². The van der Waals surface area contributed by atoms with E-state index in [0.29, 0.717) is 5.56 Å². The molecule has 1 aliphatic rings. The van der Waals surface area contributed by atoms with Crippen molar-refractivity contribution >= 4 is 5.97 Å². The quantitative estimate of drug-likeness (QED) is 0.826. The van der Waals surface area contributed by atoms with Crippen molar-refractivity contribution in [2.75, 3.05) is 0 Å². The van der Waals surface area contributed by atoms with Gasteiger partial charge in [-0.1, -0.05) is 30.3 Å². The number of alkyl halides is 3. The summed E-state index contributed by atoms with van der Waals surface area (Å²) >= 11 is 0. The van der Waals surface area contributed by atoms with Crippen LogP contribution in [-0.4, -0.2) is 34.2 Å². The number of hydrogen-bond donors (Lipinski definition) is 1. The lowest BCUT2D eigenvalue weighted by atomic mass is 10.2. The minimum absolute atomic E-state index is 0.00197. The molecule has 3 nitrogen and oxygen atoms in total. The summed E-state index contributed by atoms with van der Waals surface area (Å²) in [6, 6.07) is 5.20. The van der Waals surface area contributed by atoms with Crippen molar-refractivity contribution in [1.29, 1.82) is 0 Å². The number of benzene rings is 1. The smallest absolute Gasteiger partial charge is 0.406 e. The third-order valence-electron chi connectivity index (χ3n) is 2.72. The normalized spacial score (nSPS) is 27.8. The van der Waals surface area contributed by atoms with E-state index in [1.165, 1.54) is 0 Å². The summed E-state index contributed by atoms with van der Waals surface area (Å²) in [6.45, 7) is 0.00197. The van der Waals surface area contributed by atoms with E-state index in [4.69, 9.17) is 5.11 Å². The molecule has 6 heteroatoms. The fourth-order valence-corrected chi connectivity index (χ4v) is 1.91. The van der Waals surface area contributed by atoms with E-state index in [9.17, 15) is 18.0 Å². The first-order chi connectivity index (χ1) is 7.91. The van der Waals surface area contributed by atoms with E-state index in [1.807, 2.05) is 0 Å². The van der Waals surface area contributed by atoms with Crippen LogP contribution in [0.3, 0.4) is 0 Å². The summed E-state index contributed by atoms with van der Waals surface area (Å²) in [7, 11) is 0. The minimum Gasteiger partial charge on any atom is -0.480 e. The lowest BCUT2D eigenvalue weighted by Crippen LogP contribution is -2.23. The molecule has 1 aromatic rings. The zero-order valence-corrected chi connectivity index (χ0v) is 8.69. The van der Waals surface area contributed by atoms with Gasteiger partial charge in [0.2, 0.25) is 0 Å². The molecule has 17 heavy (non-hydrogen) atoms. The molecular formula is C11H10F3NO2. The predicted molar refractivity (Wildman–Crippen MR) is 53.3 cm³/mol. The number of carboxylic acid groups (broad SMARTS) is 1. The second-order valence-corrected chi connectivity index (χ2v) is 3.93. The SMILES string of the molecule is O=C(O)[C@@H]1[C@@H](C(F)(F)F)N1Cc1ccccc1. The van der Waals surface area contributed by atoms with Gasteiger partial charge in [0, 0.05) is 6.54 Å². The van der Waals surface area contributed by atoms with Crippen molar-refractivity contribution in [2.24, 2.45) is 0 Å². The topological polar surface area (TPSA) is 40.3 Å². The van der Waals surface area contributed by atoms with Crippen LogP contribution in [0.25, 0.3) is 0 Å². The largest absolute Gasteiger partial charge is 0.480 e. The van der Waals surface area contributed by atoms with E-state index in [1.54, 1.807) is 30.3 Å². The van der Waals surface area contributed by atoms with Gasteiger partial charge in [-0.25, -0.2) is 0 Å². The van der Waals surface area contributed by atoms with Gasteiger partial charge in [-0.15, -0.1) is 0 Å². The minimum atomic E-state index is -4.49. The first-order valence-corrected chi connectivity index (χ1v) is 5.00. The van der Waals surface area contributed by atoms with E-state index in [2.05, 4.69) is 0 Å². The number of halogens is 3. The van der Waals surface area contributed by atoms with Gasteiger partial charge in [-0.3, -0.25) is 9.69 Å². The molecule has 0 aromatic heterocycles. The van der Waals surface area contributed by atoms with Gasteiger partial charge in [0.25, 0.3) is 0 Å². The molecule has 1 aliphatic heterocycles. The Morgan fingerprint density at radius 1 is 1.29 bits per heavy atom. The van der Waals surface area contributed by atoms with Gasteiger partial charge in [0.1, 0.15) is 12.1 Å². The summed E-state index contributed by atoms with van der Waals surface area (Å²) < 4.78 is 37.5. The molecule has 1 unspecified atom stereocenters. The highest BCUT2D eigenvalue weighted by atomic mass is 19.4. The lowest BCUT2D eigenvalue weighted by Gasteiger charge is -2.06. The Labute approximate surface area is 95.5 Å². The third kappa shape index (κ3) is 2.41. The number of hydrogen-bond acceptors (Lipinski definition) is 2. The van der Waals surface area contributed by atoms with Crippen LogP contribution in [0, 0.1) is 0 Å². The van der Waals surface area contributed by atoms with Crippen LogP contribution in [0.5, 0.6) is 0 Å². The fraction of sp³-hybridized carbons (Fsp3) is 0.364. The van der Waals surface area contributed by atoms with Crippen molar-refractivity contribution in [3.05, 3.63) is 35.9 Å². The number of nitrogens with zero attached hydrogens (tertiary/aromatic N) is 1. The second-order valence-electron chi connectivity index (χ2n) is 3.93. The zero-order valence-electron chi connectivity index (χ0n) is 8.69. The highest BCUT2D eigenvalue weighted by Crippen LogP contribution is 2.42. The van der Waals surface area contributed by atoms with Gasteiger partial charge in [-0.05, 0) is 5.56 Å². The average Bonchev–Trinajstić information content (AvgIpc) is 2.93. The summed E-state index contributed by atoms with van der Waals surface area (Å²) in [5.74, 6) is -1.43. The molecule has 1 heterocycles. The molecule has 1 fully saturated rings. The lowest BCUT2D eigenvalue weighted by molar-refractivity contribution is -0.145. The summed E-state index contributed by atoms with van der Waals surface area (Å²) in [4.78, 5) is 11.6. The standard InChI is InChI=1S/C11H10F3NO2/c12-11(13,14)9-8(10(16)17)15(9)6-7-4-2-1-3-5-7/h1-5,8-9H,6H2,(H,16,17)/t8-,9-,15?/m0/s1. The molecule has 0 spiro atoms. The Hall–Kier alpha value is -1.56. The third-order valence-corrected chi connectivity index (χ3v) is 2.72. The van der Waals surface area contributed by atoms with Crippen LogP contribution in [-0.2, 0) is 11.3 Å². The molecule has 1 N–H and O–H groups in total. The number of carboxylic acids is 1. The summed E-state index contributed by atoms with van der Waals surface area (Å²) in [5.41, 5.74) is 0.672. The Kier molecular flexibility index (Phi) is 2.82. The van der Waals surface area contributed by atoms with Crippen LogP contribution >= 0.6 is 0 Å². The van der Waals surface area contributed by atoms with Crippen molar-refractivity contribution in [3.63, 3.8) is 0 Å². The monoisotopic (exact) mass is 245 g/mol. The molecule has 0 saturated carbocycles. The highest BCUT2D eigenvalue weighted by molar-refractivity contribution is 5.78. The summed E-state index contributed by atoms with van der Waals surface area (Å²) in [5, 5.41) is 8.69. The maximum absolute atomic E-state index is 12.5. The van der Waals surface area contributed by atoms with Gasteiger partial charge < -0.3 is 5.11 Å². The first kappa shape index (κ1) is 11.9. The molecule has 0 bridgehead atoms. The van der Waals surface area contributed by atoms with Gasteiger partial charge >= 0.3 is 12.1 Å². The van der Waals surface area contributed by atoms with E-state index in [-0.39, 0.29) is 6.54 Å². The maximum Gasteiger partial charge on any atom is 0.406 e. The van der Waals surface area contributed by atoms with Gasteiger partial charge in [0.15, 0.2) is 0 Å². The molecule has 0 aliphatic carbocycles. The fourth-order valence-electron chi connectivity index (χ4n) is 1.91. The van der Waals surface area contributed by atoms with Crippen molar-refractivity contribution in [2.45, 2.75) is 24.8 Å². The van der Waals surface area contributed by atoms with Crippen LogP contribution in [0.4, 0.5) is 13.2 Å². The van der Waals surface area contributed by atoms with E-state index >= 15 is 0 Å². The van der Waals surface area contributed by atoms with Gasteiger partial charge in [0.05, 0.1) is 0 Å². The van der Waals surface area contributed by atoms with Crippen molar-refractivity contribution in [3.8, 4) is 0 Å². The molecular weight excluding hydrogens is 235 g/mol. The number of carbonyl (C=O) groups is 1. The van der Waals surface area contributed by atoms with Crippen LogP contribution in [0.1, 0.15) is 5.56 Å². The average molecular weight is 245 g/mol. The van der Waals surface area contributed by atoms with E-state index in [0.717, 1.165) is 4.90 Å². The number of rotatable bonds is 3. The first-order valence-electron chi connectivity index (χ1n) is 5.00. The predicted octanol–water partition coefficient (Wildman–Crippen LogP) is 1.89. The molecule has 1 aromatic carbocycles. The van der Waals surface area contributed by atoms with Crippen molar-refractivity contribution in [1.82, 2.24) is 4.90 Å². The van der Waals surface area contributed by atoms with Crippen LogP contribution < -0.4 is 0 Å². The molecule has 1 saturated heterocycles. The van der Waals surface area contributed by atoms with E-state index < -0.39 is 24.2 Å². The zero-order chi connectivity index (χ0) is 12.6. The molecule has 0 amide bonds. The molecule has 3 atom stereocenters. The maximum atomic E-state index is 12.5. The Morgan fingerprint density at radius 3 is 2.29 bits per heavy atom. The second kappa shape index (κ2) is 4.03. The molecule has 2 rings (SSSR count). The summed E-state index contributed by atoms with van der Waals surface area (Å²) in [6.07, 6.45) is -4.49. The Bertz CT molecular complexity index is 418. The molecule has 0 radical (unpaired) electrons. The van der Waals surface area contributed by atoms with Crippen LogP contribution in [0.15, 0.2) is 30.3 Å². The Morgan fingerprint density at radius 2 is 1.88 bits per heavy atom. The number of aliphatic carboxylic acids is 1. The van der Waals surface area contributed by atoms with Gasteiger partial charge in [-0.2, -0.15) is 13.2 Å².